The molecule has 1 saturated heterocycles. The number of aryl methyl sites for hydroxylation is 1. The summed E-state index contributed by atoms with van der Waals surface area (Å²) in [5.74, 6) is 3.13. The summed E-state index contributed by atoms with van der Waals surface area (Å²) < 4.78 is 5.31. The summed E-state index contributed by atoms with van der Waals surface area (Å²) in [7, 11) is 3.57. The summed E-state index contributed by atoms with van der Waals surface area (Å²) in [6.45, 7) is 7.28. The number of benzene rings is 1. The van der Waals surface area contributed by atoms with Crippen LogP contribution in [-0.2, 0) is 6.54 Å². The number of ether oxygens (including phenoxy) is 1. The van der Waals surface area contributed by atoms with Crippen LogP contribution in [-0.4, -0.2) is 49.1 Å². The number of methoxy groups -OCH3 is 1. The van der Waals surface area contributed by atoms with Gasteiger partial charge in [-0.15, -0.1) is 0 Å². The van der Waals surface area contributed by atoms with Crippen molar-refractivity contribution in [3.63, 3.8) is 0 Å². The number of hydrogen-bond donors (Lipinski definition) is 1. The van der Waals surface area contributed by atoms with E-state index in [-0.39, 0.29) is 0 Å². The molecule has 4 nitrogen and oxygen atoms in total. The first kappa shape index (κ1) is 17.0. The monoisotopic (exact) mass is 321 g/mol. The van der Waals surface area contributed by atoms with E-state index in [0.29, 0.717) is 0 Å². The molecule has 5 heteroatoms. The highest BCUT2D eigenvalue weighted by Gasteiger charge is 2.21. The van der Waals surface area contributed by atoms with E-state index < -0.39 is 0 Å². The van der Waals surface area contributed by atoms with E-state index in [1.165, 1.54) is 17.7 Å². The van der Waals surface area contributed by atoms with Gasteiger partial charge in [-0.2, -0.15) is 11.8 Å². The van der Waals surface area contributed by atoms with Crippen molar-refractivity contribution in [2.75, 3.05) is 33.0 Å². The second-order valence-electron chi connectivity index (χ2n) is 5.55. The molecule has 1 aromatic rings. The second kappa shape index (κ2) is 8.32. The third-order valence-corrected chi connectivity index (χ3v) is 5.39. The molecule has 1 heterocycles. The van der Waals surface area contributed by atoms with Gasteiger partial charge in [-0.1, -0.05) is 19.1 Å². The van der Waals surface area contributed by atoms with Crippen LogP contribution in [0.25, 0.3) is 0 Å². The summed E-state index contributed by atoms with van der Waals surface area (Å²) >= 11 is 2.08. The first-order chi connectivity index (χ1) is 10.7. The maximum absolute atomic E-state index is 5.31. The van der Waals surface area contributed by atoms with E-state index in [1.807, 2.05) is 13.1 Å². The first-order valence-corrected chi connectivity index (χ1v) is 8.93. The minimum Gasteiger partial charge on any atom is -0.496 e. The van der Waals surface area contributed by atoms with Gasteiger partial charge in [0.2, 0.25) is 0 Å². The van der Waals surface area contributed by atoms with Crippen molar-refractivity contribution < 1.29 is 4.74 Å². The summed E-state index contributed by atoms with van der Waals surface area (Å²) in [5, 5.41) is 4.21. The largest absolute Gasteiger partial charge is 0.496 e. The number of rotatable bonds is 4. The molecule has 1 atom stereocenters. The molecule has 1 unspecified atom stereocenters. The van der Waals surface area contributed by atoms with Crippen LogP contribution in [0.15, 0.2) is 23.2 Å². The van der Waals surface area contributed by atoms with Crippen molar-refractivity contribution in [3.05, 3.63) is 29.3 Å². The molecule has 0 radical (unpaired) electrons. The Kier molecular flexibility index (Phi) is 6.43. The number of hydrogen-bond acceptors (Lipinski definition) is 3. The standard InChI is InChI=1S/C17H27N3OS/c1-5-15-12-20(8-9-22-15)17(18-3)19-11-14-6-7-16(21-4)13(2)10-14/h6-7,10,15H,5,8-9,11-12H2,1-4H3,(H,18,19). The molecule has 0 saturated carbocycles. The van der Waals surface area contributed by atoms with Gasteiger partial charge < -0.3 is 15.0 Å². The summed E-state index contributed by atoms with van der Waals surface area (Å²) in [6, 6.07) is 6.30. The molecule has 0 bridgehead atoms. The molecular formula is C17H27N3OS. The SMILES string of the molecule is CCC1CN(C(=NC)NCc2ccc(OC)c(C)c2)CCS1. The van der Waals surface area contributed by atoms with E-state index in [0.717, 1.165) is 42.2 Å². The highest BCUT2D eigenvalue weighted by Crippen LogP contribution is 2.21. The predicted octanol–water partition coefficient (Wildman–Crippen LogP) is 2.91. The lowest BCUT2D eigenvalue weighted by atomic mass is 10.1. The van der Waals surface area contributed by atoms with Crippen LogP contribution in [0.2, 0.25) is 0 Å². The van der Waals surface area contributed by atoms with Crippen LogP contribution < -0.4 is 10.1 Å². The number of nitrogens with zero attached hydrogens (tertiary/aromatic N) is 2. The third kappa shape index (κ3) is 4.32. The topological polar surface area (TPSA) is 36.9 Å². The Hall–Kier alpha value is -1.36. The Labute approximate surface area is 138 Å². The summed E-state index contributed by atoms with van der Waals surface area (Å²) in [5.41, 5.74) is 2.41. The molecule has 122 valence electrons. The van der Waals surface area contributed by atoms with Gasteiger partial charge in [0.05, 0.1) is 7.11 Å². The number of aliphatic imine (C=N–C) groups is 1. The Morgan fingerprint density at radius 1 is 1.50 bits per heavy atom. The normalized spacial score (nSPS) is 19.2. The third-order valence-electron chi connectivity index (χ3n) is 4.02. The maximum Gasteiger partial charge on any atom is 0.193 e. The minimum atomic E-state index is 0.718. The molecule has 0 spiro atoms. The van der Waals surface area contributed by atoms with Gasteiger partial charge in [-0.3, -0.25) is 4.99 Å². The molecule has 0 aliphatic carbocycles. The fourth-order valence-corrected chi connectivity index (χ4v) is 3.90. The fourth-order valence-electron chi connectivity index (χ4n) is 2.72. The fraction of sp³-hybridized carbons (Fsp3) is 0.588. The second-order valence-corrected chi connectivity index (χ2v) is 6.96. The molecular weight excluding hydrogens is 294 g/mol. The average molecular weight is 321 g/mol. The molecule has 0 amide bonds. The van der Waals surface area contributed by atoms with E-state index in [9.17, 15) is 0 Å². The van der Waals surface area contributed by atoms with Crippen LogP contribution in [0.5, 0.6) is 5.75 Å². The zero-order chi connectivity index (χ0) is 15.9. The summed E-state index contributed by atoms with van der Waals surface area (Å²) in [6.07, 6.45) is 1.22. The zero-order valence-corrected chi connectivity index (χ0v) is 14.9. The quantitative estimate of drug-likeness (QED) is 0.683. The molecule has 22 heavy (non-hydrogen) atoms. The van der Waals surface area contributed by atoms with Gasteiger partial charge in [0.15, 0.2) is 5.96 Å². The molecule has 1 fully saturated rings. The van der Waals surface area contributed by atoms with Crippen molar-refractivity contribution in [2.45, 2.75) is 32.1 Å². The Bertz CT molecular complexity index is 519. The summed E-state index contributed by atoms with van der Waals surface area (Å²) in [4.78, 5) is 6.83. The lowest BCUT2D eigenvalue weighted by Gasteiger charge is -2.34. The molecule has 1 aromatic carbocycles. The zero-order valence-electron chi connectivity index (χ0n) is 14.1. The van der Waals surface area contributed by atoms with E-state index in [2.05, 4.69) is 53.0 Å². The van der Waals surface area contributed by atoms with Gasteiger partial charge in [-0.05, 0) is 30.5 Å². The van der Waals surface area contributed by atoms with E-state index >= 15 is 0 Å². The van der Waals surface area contributed by atoms with Crippen molar-refractivity contribution in [1.82, 2.24) is 10.2 Å². The van der Waals surface area contributed by atoms with Crippen molar-refractivity contribution in [3.8, 4) is 5.75 Å². The Morgan fingerprint density at radius 2 is 2.32 bits per heavy atom. The van der Waals surface area contributed by atoms with Gasteiger partial charge in [0.25, 0.3) is 0 Å². The highest BCUT2D eigenvalue weighted by molar-refractivity contribution is 8.00. The van der Waals surface area contributed by atoms with Crippen LogP contribution in [0, 0.1) is 6.92 Å². The van der Waals surface area contributed by atoms with Crippen LogP contribution in [0.3, 0.4) is 0 Å². The maximum atomic E-state index is 5.31. The lowest BCUT2D eigenvalue weighted by molar-refractivity contribution is 0.407. The Balaban J connectivity index is 1.95. The number of nitrogens with one attached hydrogen (secondary N) is 1. The molecule has 2 rings (SSSR count). The van der Waals surface area contributed by atoms with Gasteiger partial charge in [0.1, 0.15) is 5.75 Å². The van der Waals surface area contributed by atoms with Crippen molar-refractivity contribution in [1.29, 1.82) is 0 Å². The minimum absolute atomic E-state index is 0.718. The van der Waals surface area contributed by atoms with Gasteiger partial charge in [0, 0.05) is 37.7 Å². The first-order valence-electron chi connectivity index (χ1n) is 7.88. The smallest absolute Gasteiger partial charge is 0.193 e. The van der Waals surface area contributed by atoms with Crippen LogP contribution in [0.1, 0.15) is 24.5 Å². The van der Waals surface area contributed by atoms with Crippen molar-refractivity contribution >= 4 is 17.7 Å². The average Bonchev–Trinajstić information content (AvgIpc) is 2.56. The van der Waals surface area contributed by atoms with Crippen molar-refractivity contribution in [2.24, 2.45) is 4.99 Å². The van der Waals surface area contributed by atoms with E-state index in [1.54, 1.807) is 7.11 Å². The molecule has 0 aromatic heterocycles. The van der Waals surface area contributed by atoms with Crippen LogP contribution >= 0.6 is 11.8 Å². The molecule has 1 aliphatic rings. The lowest BCUT2D eigenvalue weighted by Crippen LogP contribution is -2.47. The van der Waals surface area contributed by atoms with Gasteiger partial charge >= 0.3 is 0 Å². The van der Waals surface area contributed by atoms with E-state index in [4.69, 9.17) is 4.74 Å². The predicted molar refractivity (Wildman–Crippen MR) is 96.0 cm³/mol. The van der Waals surface area contributed by atoms with Gasteiger partial charge in [-0.25, -0.2) is 0 Å². The highest BCUT2D eigenvalue weighted by atomic mass is 32.2. The Morgan fingerprint density at radius 3 is 2.95 bits per heavy atom. The number of thioether (sulfide) groups is 1. The molecule has 1 N–H and O–H groups in total. The van der Waals surface area contributed by atoms with Crippen LogP contribution in [0.4, 0.5) is 0 Å². The number of guanidine groups is 1. The molecule has 1 aliphatic heterocycles.